The van der Waals surface area contributed by atoms with Gasteiger partial charge in [-0.1, -0.05) is 31.4 Å². The van der Waals surface area contributed by atoms with Gasteiger partial charge in [0.05, 0.1) is 10.4 Å². The van der Waals surface area contributed by atoms with Crippen LogP contribution in [0.4, 0.5) is 0 Å². The second-order valence-corrected chi connectivity index (χ2v) is 7.46. The summed E-state index contributed by atoms with van der Waals surface area (Å²) in [6, 6.07) is 4.61. The third-order valence-electron chi connectivity index (χ3n) is 4.12. The van der Waals surface area contributed by atoms with Crippen molar-refractivity contribution in [1.29, 1.82) is 0 Å². The molecule has 2 atom stereocenters. The Morgan fingerprint density at radius 3 is 2.58 bits per heavy atom. The maximum absolute atomic E-state index is 6.22. The van der Waals surface area contributed by atoms with E-state index in [4.69, 9.17) is 17.3 Å². The van der Waals surface area contributed by atoms with E-state index in [1.54, 1.807) is 11.3 Å². The molecule has 2 N–H and O–H groups in total. The molecule has 1 saturated heterocycles. The van der Waals surface area contributed by atoms with Crippen LogP contribution >= 0.6 is 22.9 Å². The number of nitrogens with zero attached hydrogens (tertiary/aromatic N) is 1. The van der Waals surface area contributed by atoms with Crippen molar-refractivity contribution in [2.45, 2.75) is 51.6 Å². The molecule has 1 aliphatic rings. The van der Waals surface area contributed by atoms with Crippen LogP contribution in [0.3, 0.4) is 0 Å². The maximum atomic E-state index is 6.22. The van der Waals surface area contributed by atoms with Crippen molar-refractivity contribution >= 4 is 22.9 Å². The zero-order valence-electron chi connectivity index (χ0n) is 11.9. The van der Waals surface area contributed by atoms with Crippen LogP contribution < -0.4 is 5.73 Å². The Labute approximate surface area is 125 Å². The van der Waals surface area contributed by atoms with Crippen molar-refractivity contribution in [2.75, 3.05) is 13.1 Å². The lowest BCUT2D eigenvalue weighted by Crippen LogP contribution is -2.43. The van der Waals surface area contributed by atoms with E-state index in [0.717, 1.165) is 10.3 Å². The van der Waals surface area contributed by atoms with Crippen LogP contribution in [-0.2, 0) is 0 Å². The summed E-state index contributed by atoms with van der Waals surface area (Å²) in [6.07, 6.45) is 5.32. The lowest BCUT2D eigenvalue weighted by atomic mass is 9.91. The van der Waals surface area contributed by atoms with Gasteiger partial charge in [-0.2, -0.15) is 0 Å². The molecule has 0 amide bonds. The van der Waals surface area contributed by atoms with Gasteiger partial charge in [-0.05, 0) is 50.9 Å². The van der Waals surface area contributed by atoms with Gasteiger partial charge in [0.2, 0.25) is 0 Å². The molecule has 2 rings (SSSR count). The Kier molecular flexibility index (Phi) is 5.70. The minimum Gasteiger partial charge on any atom is -0.326 e. The highest BCUT2D eigenvalue weighted by molar-refractivity contribution is 7.16. The Hall–Kier alpha value is -0.0900. The molecule has 0 aromatic carbocycles. The van der Waals surface area contributed by atoms with Crippen LogP contribution in [0, 0.1) is 5.92 Å². The molecule has 0 bridgehead atoms. The van der Waals surface area contributed by atoms with Crippen LogP contribution in [0.5, 0.6) is 0 Å². The highest BCUT2D eigenvalue weighted by Gasteiger charge is 2.29. The number of thiophene rings is 1. The summed E-state index contributed by atoms with van der Waals surface area (Å²) in [5, 5.41) is 0. The number of hydrogen-bond donors (Lipinski definition) is 1. The Bertz CT molecular complexity index is 383. The van der Waals surface area contributed by atoms with E-state index < -0.39 is 0 Å². The third kappa shape index (κ3) is 3.94. The van der Waals surface area contributed by atoms with Crippen LogP contribution in [0.2, 0.25) is 4.34 Å². The summed E-state index contributed by atoms with van der Waals surface area (Å²) in [7, 11) is 0. The van der Waals surface area contributed by atoms with Gasteiger partial charge in [0, 0.05) is 10.9 Å². The van der Waals surface area contributed by atoms with Crippen molar-refractivity contribution in [3.8, 4) is 0 Å². The molecule has 2 unspecified atom stereocenters. The molecule has 0 radical (unpaired) electrons. The molecule has 19 heavy (non-hydrogen) atoms. The molecule has 1 aromatic rings. The second kappa shape index (κ2) is 7.07. The van der Waals surface area contributed by atoms with Gasteiger partial charge in [-0.3, -0.25) is 4.90 Å². The molecule has 2 heterocycles. The first-order valence-electron chi connectivity index (χ1n) is 7.36. The zero-order chi connectivity index (χ0) is 13.8. The standard InChI is InChI=1S/C15H25ClN2S/c1-3-4-12-7-9-18(10-8-12)15(11(2)17)13-5-6-14(16)19-13/h5-6,11-12,15H,3-4,7-10,17H2,1-2H3. The topological polar surface area (TPSA) is 29.3 Å². The van der Waals surface area contributed by atoms with Crippen LogP contribution in [0.15, 0.2) is 12.1 Å². The molecule has 0 saturated carbocycles. The van der Waals surface area contributed by atoms with Crippen LogP contribution in [-0.4, -0.2) is 24.0 Å². The highest BCUT2D eigenvalue weighted by atomic mass is 35.5. The van der Waals surface area contributed by atoms with E-state index >= 15 is 0 Å². The lowest BCUT2D eigenvalue weighted by molar-refractivity contribution is 0.117. The first kappa shape index (κ1) is 15.3. The average molecular weight is 301 g/mol. The number of rotatable bonds is 5. The number of piperidine rings is 1. The van der Waals surface area contributed by atoms with Gasteiger partial charge in [0.15, 0.2) is 0 Å². The molecule has 108 valence electrons. The average Bonchev–Trinajstić information content (AvgIpc) is 2.78. The van der Waals surface area contributed by atoms with Crippen molar-refractivity contribution in [3.05, 3.63) is 21.3 Å². The predicted octanol–water partition coefficient (Wildman–Crippen LogP) is 4.30. The second-order valence-electron chi connectivity index (χ2n) is 5.71. The first-order chi connectivity index (χ1) is 9.11. The molecule has 1 aliphatic heterocycles. The maximum Gasteiger partial charge on any atom is 0.0931 e. The molecular formula is C15H25ClN2S. The molecule has 2 nitrogen and oxygen atoms in total. The van der Waals surface area contributed by atoms with Gasteiger partial charge >= 0.3 is 0 Å². The number of likely N-dealkylation sites (tertiary alicyclic amines) is 1. The van der Waals surface area contributed by atoms with E-state index in [1.807, 2.05) is 6.07 Å². The Balaban J connectivity index is 2.01. The van der Waals surface area contributed by atoms with Crippen molar-refractivity contribution < 1.29 is 0 Å². The third-order valence-corrected chi connectivity index (χ3v) is 5.42. The van der Waals surface area contributed by atoms with Gasteiger partial charge in [0.25, 0.3) is 0 Å². The zero-order valence-corrected chi connectivity index (χ0v) is 13.5. The molecular weight excluding hydrogens is 276 g/mol. The van der Waals surface area contributed by atoms with E-state index in [2.05, 4.69) is 24.8 Å². The Morgan fingerprint density at radius 1 is 1.42 bits per heavy atom. The minimum absolute atomic E-state index is 0.150. The SMILES string of the molecule is CCCC1CCN(C(c2ccc(Cl)s2)C(C)N)CC1. The molecule has 1 aromatic heterocycles. The molecule has 0 aliphatic carbocycles. The van der Waals surface area contributed by atoms with Crippen molar-refractivity contribution in [1.82, 2.24) is 4.90 Å². The lowest BCUT2D eigenvalue weighted by Gasteiger charge is -2.39. The van der Waals surface area contributed by atoms with E-state index in [0.29, 0.717) is 6.04 Å². The molecule has 1 fully saturated rings. The summed E-state index contributed by atoms with van der Waals surface area (Å²) in [5.41, 5.74) is 6.22. The summed E-state index contributed by atoms with van der Waals surface area (Å²) >= 11 is 7.74. The van der Waals surface area contributed by atoms with Crippen LogP contribution in [0.1, 0.15) is 50.4 Å². The van der Waals surface area contributed by atoms with Crippen LogP contribution in [0.25, 0.3) is 0 Å². The van der Waals surface area contributed by atoms with Crippen molar-refractivity contribution in [3.63, 3.8) is 0 Å². The van der Waals surface area contributed by atoms with Gasteiger partial charge in [-0.15, -0.1) is 11.3 Å². The number of nitrogens with two attached hydrogens (primary N) is 1. The Morgan fingerprint density at radius 2 is 2.11 bits per heavy atom. The quantitative estimate of drug-likeness (QED) is 0.878. The smallest absolute Gasteiger partial charge is 0.0931 e. The minimum atomic E-state index is 0.150. The van der Waals surface area contributed by atoms with Gasteiger partial charge in [0.1, 0.15) is 0 Å². The highest BCUT2D eigenvalue weighted by Crippen LogP contribution is 2.35. The van der Waals surface area contributed by atoms with E-state index in [1.165, 1.54) is 43.6 Å². The van der Waals surface area contributed by atoms with E-state index in [-0.39, 0.29) is 6.04 Å². The number of halogens is 1. The van der Waals surface area contributed by atoms with E-state index in [9.17, 15) is 0 Å². The monoisotopic (exact) mass is 300 g/mol. The summed E-state index contributed by atoms with van der Waals surface area (Å²) in [6.45, 7) is 6.74. The largest absolute Gasteiger partial charge is 0.326 e. The molecule has 0 spiro atoms. The van der Waals surface area contributed by atoms with Crippen molar-refractivity contribution in [2.24, 2.45) is 11.7 Å². The predicted molar refractivity (Wildman–Crippen MR) is 84.9 cm³/mol. The van der Waals surface area contributed by atoms with Gasteiger partial charge < -0.3 is 5.73 Å². The first-order valence-corrected chi connectivity index (χ1v) is 8.56. The number of hydrogen-bond acceptors (Lipinski definition) is 3. The molecule has 4 heteroatoms. The fraction of sp³-hybridized carbons (Fsp3) is 0.733. The normalized spacial score (nSPS) is 21.5. The summed E-state index contributed by atoms with van der Waals surface area (Å²) < 4.78 is 0.863. The summed E-state index contributed by atoms with van der Waals surface area (Å²) in [4.78, 5) is 3.87. The fourth-order valence-corrected chi connectivity index (χ4v) is 4.50. The fourth-order valence-electron chi connectivity index (χ4n) is 3.19. The summed E-state index contributed by atoms with van der Waals surface area (Å²) in [5.74, 6) is 0.918. The van der Waals surface area contributed by atoms with Gasteiger partial charge in [-0.25, -0.2) is 0 Å².